The molecule has 0 aliphatic carbocycles. The van der Waals surface area contributed by atoms with Crippen LogP contribution in [0, 0.1) is 6.92 Å². The summed E-state index contributed by atoms with van der Waals surface area (Å²) < 4.78 is 28.1. The van der Waals surface area contributed by atoms with E-state index in [0.717, 1.165) is 0 Å². The highest BCUT2D eigenvalue weighted by atomic mass is 35.5. The van der Waals surface area contributed by atoms with Gasteiger partial charge in [0, 0.05) is 5.02 Å². The number of rotatable bonds is 4. The Morgan fingerprint density at radius 2 is 1.78 bits per heavy atom. The second kappa shape index (κ2) is 7.47. The largest absolute Gasteiger partial charge is 0.287 e. The number of hydrogen-bond acceptors (Lipinski definition) is 5. The van der Waals surface area contributed by atoms with E-state index < -0.39 is 15.9 Å². The number of amides is 1. The van der Waals surface area contributed by atoms with E-state index in [2.05, 4.69) is 10.3 Å². The van der Waals surface area contributed by atoms with Gasteiger partial charge in [-0.1, -0.05) is 52.1 Å². The van der Waals surface area contributed by atoms with Crippen LogP contribution < -0.4 is 4.72 Å². The number of carbonyl (C=O) groups is 1. The van der Waals surface area contributed by atoms with Crippen LogP contribution in [0.5, 0.6) is 0 Å². The number of halogens is 3. The van der Waals surface area contributed by atoms with Gasteiger partial charge in [0.15, 0.2) is 5.69 Å². The van der Waals surface area contributed by atoms with Gasteiger partial charge >= 0.3 is 0 Å². The van der Waals surface area contributed by atoms with E-state index in [1.807, 2.05) is 4.72 Å². The molecule has 0 atom stereocenters. The highest BCUT2D eigenvalue weighted by Crippen LogP contribution is 2.25. The summed E-state index contributed by atoms with van der Waals surface area (Å²) >= 11 is 17.9. The highest BCUT2D eigenvalue weighted by molar-refractivity contribution is 7.90. The summed E-state index contributed by atoms with van der Waals surface area (Å²) in [6, 6.07) is 10.5. The topological polar surface area (TPSA) is 93.9 Å². The molecule has 0 saturated heterocycles. The summed E-state index contributed by atoms with van der Waals surface area (Å²) in [4.78, 5) is 12.2. The first kappa shape index (κ1) is 19.6. The third-order valence-corrected chi connectivity index (χ3v) is 5.97. The molecule has 140 valence electrons. The van der Waals surface area contributed by atoms with Crippen molar-refractivity contribution in [1.29, 1.82) is 0 Å². The first-order chi connectivity index (χ1) is 12.7. The van der Waals surface area contributed by atoms with Gasteiger partial charge in [-0.25, -0.2) is 17.8 Å². The molecule has 0 aliphatic heterocycles. The van der Waals surface area contributed by atoms with Gasteiger partial charge in [0.05, 0.1) is 21.4 Å². The molecule has 1 amide bonds. The van der Waals surface area contributed by atoms with Gasteiger partial charge in [0.25, 0.3) is 15.9 Å². The summed E-state index contributed by atoms with van der Waals surface area (Å²) in [5.74, 6) is -0.941. The molecule has 2 aromatic carbocycles. The maximum absolute atomic E-state index is 12.4. The number of nitrogens with zero attached hydrogens (tertiary/aromatic N) is 3. The van der Waals surface area contributed by atoms with Crippen molar-refractivity contribution in [1.82, 2.24) is 19.7 Å². The zero-order chi connectivity index (χ0) is 19.8. The van der Waals surface area contributed by atoms with Crippen LogP contribution in [-0.4, -0.2) is 29.3 Å². The molecule has 1 aromatic heterocycles. The zero-order valence-electron chi connectivity index (χ0n) is 13.6. The second-order valence-electron chi connectivity index (χ2n) is 5.40. The lowest BCUT2D eigenvalue weighted by molar-refractivity contribution is 0.0976. The van der Waals surface area contributed by atoms with E-state index >= 15 is 0 Å². The number of benzene rings is 2. The number of hydrogen-bond donors (Lipinski definition) is 1. The number of aromatic nitrogens is 3. The predicted molar refractivity (Wildman–Crippen MR) is 102 cm³/mol. The van der Waals surface area contributed by atoms with Crippen molar-refractivity contribution in [2.45, 2.75) is 11.8 Å². The predicted octanol–water partition coefficient (Wildman–Crippen LogP) is 3.65. The van der Waals surface area contributed by atoms with Gasteiger partial charge in [-0.3, -0.25) is 4.79 Å². The molecule has 11 heteroatoms. The normalized spacial score (nSPS) is 11.4. The molecule has 27 heavy (non-hydrogen) atoms. The van der Waals surface area contributed by atoms with Crippen molar-refractivity contribution >= 4 is 50.7 Å². The smallest absolute Gasteiger partial charge is 0.266 e. The Kier molecular flexibility index (Phi) is 5.43. The first-order valence-corrected chi connectivity index (χ1v) is 10.0. The maximum Gasteiger partial charge on any atom is 0.287 e. The van der Waals surface area contributed by atoms with E-state index in [1.165, 1.54) is 28.9 Å². The molecular weight excluding hydrogens is 435 g/mol. The fourth-order valence-electron chi connectivity index (χ4n) is 2.31. The molecule has 3 rings (SSSR count). The van der Waals surface area contributed by atoms with Gasteiger partial charge in [-0.05, 0) is 37.3 Å². The summed E-state index contributed by atoms with van der Waals surface area (Å²) in [6.45, 7) is 1.56. The fraction of sp³-hybridized carbons (Fsp3) is 0.0625. The molecule has 0 saturated carbocycles. The molecule has 0 unspecified atom stereocenters. The minimum Gasteiger partial charge on any atom is -0.266 e. The lowest BCUT2D eigenvalue weighted by atomic mass is 10.3. The van der Waals surface area contributed by atoms with Crippen LogP contribution >= 0.6 is 34.8 Å². The minimum atomic E-state index is -4.18. The molecular formula is C16H11Cl3N4O3S. The van der Waals surface area contributed by atoms with E-state index in [-0.39, 0.29) is 15.6 Å². The van der Waals surface area contributed by atoms with Crippen LogP contribution in [0.25, 0.3) is 5.69 Å². The molecule has 7 nitrogen and oxygen atoms in total. The standard InChI is InChI=1S/C16H11Cl3N4O3S/c1-9-15(20-22-23(9)13-7-6-10(17)8-12(13)19)16(24)21-27(25,26)14-5-3-2-4-11(14)18/h2-8H,1H3,(H,21,24). The molecule has 0 radical (unpaired) electrons. The van der Waals surface area contributed by atoms with E-state index in [4.69, 9.17) is 34.8 Å². The quantitative estimate of drug-likeness (QED) is 0.661. The van der Waals surface area contributed by atoms with E-state index in [9.17, 15) is 13.2 Å². The number of nitrogens with one attached hydrogen (secondary N) is 1. The third-order valence-electron chi connectivity index (χ3n) is 3.60. The van der Waals surface area contributed by atoms with Crippen LogP contribution in [0.4, 0.5) is 0 Å². The van der Waals surface area contributed by atoms with Gasteiger partial charge in [0.1, 0.15) is 4.90 Å². The maximum atomic E-state index is 12.4. The van der Waals surface area contributed by atoms with Gasteiger partial charge < -0.3 is 0 Å². The summed E-state index contributed by atoms with van der Waals surface area (Å²) in [7, 11) is -4.18. The Bertz CT molecular complexity index is 1150. The first-order valence-electron chi connectivity index (χ1n) is 7.40. The van der Waals surface area contributed by atoms with Gasteiger partial charge in [0.2, 0.25) is 0 Å². The zero-order valence-corrected chi connectivity index (χ0v) is 16.7. The van der Waals surface area contributed by atoms with Crippen molar-refractivity contribution in [3.8, 4) is 5.69 Å². The summed E-state index contributed by atoms with van der Waals surface area (Å²) in [5, 5.41) is 8.37. The van der Waals surface area contributed by atoms with Crippen LogP contribution in [0.15, 0.2) is 47.4 Å². The number of sulfonamides is 1. The minimum absolute atomic E-state index is 0.00822. The van der Waals surface area contributed by atoms with Gasteiger partial charge in [-0.15, -0.1) is 5.10 Å². The Hall–Kier alpha value is -2.13. The Morgan fingerprint density at radius 1 is 1.07 bits per heavy atom. The molecule has 0 bridgehead atoms. The molecule has 0 spiro atoms. The van der Waals surface area contributed by atoms with Crippen molar-refractivity contribution in [3.05, 3.63) is 68.9 Å². The van der Waals surface area contributed by atoms with Gasteiger partial charge in [-0.2, -0.15) is 0 Å². The van der Waals surface area contributed by atoms with Crippen LogP contribution in [0.3, 0.4) is 0 Å². The third kappa shape index (κ3) is 3.93. The molecule has 1 heterocycles. The molecule has 1 N–H and O–H groups in total. The van der Waals surface area contributed by atoms with Crippen molar-refractivity contribution in [3.63, 3.8) is 0 Å². The second-order valence-corrected chi connectivity index (χ2v) is 8.30. The van der Waals surface area contributed by atoms with E-state index in [1.54, 1.807) is 25.1 Å². The number of carbonyl (C=O) groups excluding carboxylic acids is 1. The SMILES string of the molecule is Cc1c(C(=O)NS(=O)(=O)c2ccccc2Cl)nnn1-c1ccc(Cl)cc1Cl. The van der Waals surface area contributed by atoms with Crippen LogP contribution in [0.1, 0.15) is 16.2 Å². The monoisotopic (exact) mass is 444 g/mol. The van der Waals surface area contributed by atoms with Crippen molar-refractivity contribution < 1.29 is 13.2 Å². The molecule has 0 fully saturated rings. The van der Waals surface area contributed by atoms with Crippen molar-refractivity contribution in [2.24, 2.45) is 0 Å². The Balaban J connectivity index is 1.93. The Morgan fingerprint density at radius 3 is 2.44 bits per heavy atom. The lowest BCUT2D eigenvalue weighted by Gasteiger charge is -2.08. The van der Waals surface area contributed by atoms with Crippen LogP contribution in [0.2, 0.25) is 15.1 Å². The Labute approximate surface area is 169 Å². The van der Waals surface area contributed by atoms with Crippen molar-refractivity contribution in [2.75, 3.05) is 0 Å². The highest BCUT2D eigenvalue weighted by Gasteiger charge is 2.25. The van der Waals surface area contributed by atoms with E-state index in [0.29, 0.717) is 21.4 Å². The summed E-state index contributed by atoms with van der Waals surface area (Å²) in [6.07, 6.45) is 0. The molecule has 3 aromatic rings. The average molecular weight is 446 g/mol. The summed E-state index contributed by atoms with van der Waals surface area (Å²) in [5.41, 5.74) is 0.571. The van der Waals surface area contributed by atoms with Crippen LogP contribution in [-0.2, 0) is 10.0 Å². The fourth-order valence-corrected chi connectivity index (χ4v) is 4.27. The molecule has 0 aliphatic rings. The lowest BCUT2D eigenvalue weighted by Crippen LogP contribution is -2.31. The average Bonchev–Trinajstić information content (AvgIpc) is 2.96.